The summed E-state index contributed by atoms with van der Waals surface area (Å²) in [5, 5.41) is 9.79. The zero-order valence-electron chi connectivity index (χ0n) is 20.3. The highest BCUT2D eigenvalue weighted by Crippen LogP contribution is 2.32. The quantitative estimate of drug-likeness (QED) is 0.456. The number of methoxy groups -OCH3 is 1. The maximum atomic E-state index is 12.0. The van der Waals surface area contributed by atoms with E-state index in [4.69, 9.17) is 0 Å². The smallest absolute Gasteiger partial charge is 0.407 e. The van der Waals surface area contributed by atoms with Crippen LogP contribution in [0.2, 0.25) is 0 Å². The highest BCUT2D eigenvalue weighted by Gasteiger charge is 2.13. The second-order valence-corrected chi connectivity index (χ2v) is 8.04. The van der Waals surface area contributed by atoms with Crippen molar-refractivity contribution in [1.82, 2.24) is 25.5 Å². The van der Waals surface area contributed by atoms with E-state index in [1.165, 1.54) is 7.11 Å². The number of hydrogen-bond acceptors (Lipinski definition) is 6. The van der Waals surface area contributed by atoms with Gasteiger partial charge in [-0.25, -0.2) is 14.6 Å². The standard InChI is InChI=1S/C25H30N6O4/c1-5-26-24(33)30-22-13-20-19(8-6-17(21(20)15-28-22)14-29-25(34)35-4)16-10-11-27-18(12-16)7-9-23(32)31(2)3/h6,8,10-13,15H,5,7,9,14H2,1-4H3,(H,29,34)(H2,26,28,30,33). The molecule has 0 bridgehead atoms. The number of carbonyl (C=O) groups is 3. The molecule has 3 rings (SSSR count). The molecule has 1 aromatic carbocycles. The fourth-order valence-electron chi connectivity index (χ4n) is 3.57. The Labute approximate surface area is 204 Å². The molecule has 184 valence electrons. The number of aromatic nitrogens is 2. The molecule has 0 unspecified atom stereocenters. The van der Waals surface area contributed by atoms with Gasteiger partial charge >= 0.3 is 12.1 Å². The molecule has 0 atom stereocenters. The Bertz CT molecular complexity index is 1230. The van der Waals surface area contributed by atoms with Crippen LogP contribution in [0.15, 0.2) is 42.7 Å². The number of rotatable bonds is 8. The number of urea groups is 1. The van der Waals surface area contributed by atoms with E-state index in [2.05, 4.69) is 30.7 Å². The number of pyridine rings is 2. The fraction of sp³-hybridized carbons (Fsp3) is 0.320. The monoisotopic (exact) mass is 478 g/mol. The van der Waals surface area contributed by atoms with Gasteiger partial charge in [0.2, 0.25) is 5.91 Å². The van der Waals surface area contributed by atoms with Crippen molar-refractivity contribution >= 4 is 34.6 Å². The second kappa shape index (κ2) is 11.8. The minimum absolute atomic E-state index is 0.0391. The number of hydrogen-bond donors (Lipinski definition) is 3. The first-order chi connectivity index (χ1) is 16.8. The summed E-state index contributed by atoms with van der Waals surface area (Å²) in [5.74, 6) is 0.436. The number of aryl methyl sites for hydroxylation is 1. The lowest BCUT2D eigenvalue weighted by atomic mass is 9.95. The van der Waals surface area contributed by atoms with Gasteiger partial charge in [-0.05, 0) is 53.6 Å². The van der Waals surface area contributed by atoms with Crippen LogP contribution in [0.1, 0.15) is 24.6 Å². The first-order valence-electron chi connectivity index (χ1n) is 11.3. The summed E-state index contributed by atoms with van der Waals surface area (Å²) in [6, 6.07) is 9.19. The fourth-order valence-corrected chi connectivity index (χ4v) is 3.57. The van der Waals surface area contributed by atoms with Crippen molar-refractivity contribution in [3.05, 3.63) is 54.0 Å². The maximum absolute atomic E-state index is 12.0. The Morgan fingerprint density at radius 1 is 1.03 bits per heavy atom. The topological polar surface area (TPSA) is 126 Å². The molecular formula is C25H30N6O4. The Morgan fingerprint density at radius 3 is 2.54 bits per heavy atom. The summed E-state index contributed by atoms with van der Waals surface area (Å²) in [4.78, 5) is 46.0. The highest BCUT2D eigenvalue weighted by molar-refractivity contribution is 6.01. The first kappa shape index (κ1) is 25.4. The molecule has 0 fully saturated rings. The molecule has 10 nitrogen and oxygen atoms in total. The molecule has 3 N–H and O–H groups in total. The summed E-state index contributed by atoms with van der Waals surface area (Å²) in [6.45, 7) is 2.58. The van der Waals surface area contributed by atoms with E-state index in [1.807, 2.05) is 31.2 Å². The Hall–Kier alpha value is -4.21. The number of nitrogens with zero attached hydrogens (tertiary/aromatic N) is 3. The van der Waals surface area contributed by atoms with Crippen molar-refractivity contribution in [1.29, 1.82) is 0 Å². The Morgan fingerprint density at radius 2 is 1.83 bits per heavy atom. The third kappa shape index (κ3) is 6.66. The van der Waals surface area contributed by atoms with Crippen molar-refractivity contribution in [2.45, 2.75) is 26.3 Å². The van der Waals surface area contributed by atoms with E-state index >= 15 is 0 Å². The van der Waals surface area contributed by atoms with Crippen LogP contribution in [0, 0.1) is 0 Å². The van der Waals surface area contributed by atoms with Crippen LogP contribution in [0.4, 0.5) is 15.4 Å². The van der Waals surface area contributed by atoms with Crippen LogP contribution in [0.3, 0.4) is 0 Å². The molecule has 3 aromatic rings. The number of nitrogens with one attached hydrogen (secondary N) is 3. The molecule has 0 saturated carbocycles. The predicted molar refractivity (Wildman–Crippen MR) is 134 cm³/mol. The highest BCUT2D eigenvalue weighted by atomic mass is 16.5. The van der Waals surface area contributed by atoms with E-state index < -0.39 is 6.09 Å². The van der Waals surface area contributed by atoms with Crippen molar-refractivity contribution in [3.63, 3.8) is 0 Å². The van der Waals surface area contributed by atoms with Crippen LogP contribution in [0.5, 0.6) is 0 Å². The molecule has 0 aliphatic heterocycles. The summed E-state index contributed by atoms with van der Waals surface area (Å²) in [5.41, 5.74) is 3.47. The summed E-state index contributed by atoms with van der Waals surface area (Å²) < 4.78 is 4.68. The largest absolute Gasteiger partial charge is 0.453 e. The van der Waals surface area contributed by atoms with Gasteiger partial charge in [0.05, 0.1) is 7.11 Å². The lowest BCUT2D eigenvalue weighted by molar-refractivity contribution is -0.128. The van der Waals surface area contributed by atoms with Crippen molar-refractivity contribution in [3.8, 4) is 11.1 Å². The zero-order chi connectivity index (χ0) is 25.4. The van der Waals surface area contributed by atoms with Gasteiger partial charge in [0, 0.05) is 57.1 Å². The van der Waals surface area contributed by atoms with E-state index in [0.717, 1.165) is 33.2 Å². The Balaban J connectivity index is 2.01. The molecule has 2 heterocycles. The Kier molecular flexibility index (Phi) is 8.55. The van der Waals surface area contributed by atoms with E-state index in [9.17, 15) is 14.4 Å². The van der Waals surface area contributed by atoms with Crippen molar-refractivity contribution in [2.24, 2.45) is 0 Å². The van der Waals surface area contributed by atoms with Gasteiger partial charge in [-0.1, -0.05) is 12.1 Å². The van der Waals surface area contributed by atoms with Gasteiger partial charge in [0.15, 0.2) is 0 Å². The number of benzene rings is 1. The number of alkyl carbamates (subject to hydrolysis) is 1. The molecule has 0 aliphatic carbocycles. The van der Waals surface area contributed by atoms with Crippen LogP contribution in [-0.4, -0.2) is 60.6 Å². The van der Waals surface area contributed by atoms with Gasteiger partial charge in [0.25, 0.3) is 0 Å². The van der Waals surface area contributed by atoms with Crippen LogP contribution < -0.4 is 16.0 Å². The van der Waals surface area contributed by atoms with Gasteiger partial charge in [-0.3, -0.25) is 15.1 Å². The number of carbonyl (C=O) groups excluding carboxylic acids is 3. The van der Waals surface area contributed by atoms with Crippen LogP contribution in [-0.2, 0) is 22.5 Å². The zero-order valence-corrected chi connectivity index (χ0v) is 20.3. The second-order valence-electron chi connectivity index (χ2n) is 8.04. The predicted octanol–water partition coefficient (Wildman–Crippen LogP) is 3.32. The van der Waals surface area contributed by atoms with E-state index in [-0.39, 0.29) is 18.5 Å². The van der Waals surface area contributed by atoms with Gasteiger partial charge in [-0.2, -0.15) is 0 Å². The molecule has 2 aromatic heterocycles. The molecule has 0 saturated heterocycles. The van der Waals surface area contributed by atoms with E-state index in [1.54, 1.807) is 37.5 Å². The molecule has 0 aliphatic rings. The first-order valence-corrected chi connectivity index (χ1v) is 11.3. The maximum Gasteiger partial charge on any atom is 0.407 e. The average molecular weight is 479 g/mol. The lowest BCUT2D eigenvalue weighted by Gasteiger charge is -2.14. The van der Waals surface area contributed by atoms with Crippen LogP contribution in [0.25, 0.3) is 21.9 Å². The minimum atomic E-state index is -0.532. The lowest BCUT2D eigenvalue weighted by Crippen LogP contribution is -2.28. The van der Waals surface area contributed by atoms with Crippen LogP contribution >= 0.6 is 0 Å². The van der Waals surface area contributed by atoms with Crippen molar-refractivity contribution in [2.75, 3.05) is 33.1 Å². The number of fused-ring (bicyclic) bond motifs is 1. The average Bonchev–Trinajstić information content (AvgIpc) is 2.85. The number of ether oxygens (including phenoxy) is 1. The minimum Gasteiger partial charge on any atom is -0.453 e. The number of amides is 4. The van der Waals surface area contributed by atoms with Gasteiger partial charge in [0.1, 0.15) is 5.82 Å². The molecule has 4 amide bonds. The summed E-state index contributed by atoms with van der Waals surface area (Å²) in [6.07, 6.45) is 3.75. The van der Waals surface area contributed by atoms with Gasteiger partial charge < -0.3 is 20.3 Å². The molecule has 0 radical (unpaired) electrons. The number of anilines is 1. The SMILES string of the molecule is CCNC(=O)Nc1cc2c(-c3ccnc(CCC(=O)N(C)C)c3)ccc(CNC(=O)OC)c2cn1. The molecular weight excluding hydrogens is 448 g/mol. The third-order valence-corrected chi connectivity index (χ3v) is 5.40. The normalized spacial score (nSPS) is 10.5. The third-order valence-electron chi connectivity index (χ3n) is 5.40. The molecule has 35 heavy (non-hydrogen) atoms. The summed E-state index contributed by atoms with van der Waals surface area (Å²) in [7, 11) is 4.77. The summed E-state index contributed by atoms with van der Waals surface area (Å²) >= 11 is 0. The van der Waals surface area contributed by atoms with E-state index in [0.29, 0.717) is 25.2 Å². The van der Waals surface area contributed by atoms with Crippen molar-refractivity contribution < 1.29 is 19.1 Å². The van der Waals surface area contributed by atoms with Gasteiger partial charge in [-0.15, -0.1) is 0 Å². The molecule has 10 heteroatoms. The molecule has 0 spiro atoms.